The topological polar surface area (TPSA) is 29.1 Å². The van der Waals surface area contributed by atoms with Crippen molar-refractivity contribution in [2.24, 2.45) is 5.92 Å². The third kappa shape index (κ3) is 4.93. The Morgan fingerprint density at radius 1 is 0.958 bits per heavy atom. The quantitative estimate of drug-likeness (QED) is 0.520. The molecule has 0 fully saturated rings. The first-order valence-corrected chi connectivity index (χ1v) is 10.4. The predicted octanol–water partition coefficient (Wildman–Crippen LogP) is 4.89. The molecule has 24 heavy (non-hydrogen) atoms. The second kappa shape index (κ2) is 9.01. The summed E-state index contributed by atoms with van der Waals surface area (Å²) in [5.74, 6) is 0.631. The van der Waals surface area contributed by atoms with Crippen molar-refractivity contribution < 1.29 is 4.57 Å². The minimum atomic E-state index is -2.87. The Kier molecular flexibility index (Phi) is 7.02. The molecule has 2 aromatic rings. The lowest BCUT2D eigenvalue weighted by atomic mass is 10.0. The highest BCUT2D eigenvalue weighted by atomic mass is 31.2. The van der Waals surface area contributed by atoms with Crippen LogP contribution < -0.4 is 15.7 Å². The van der Waals surface area contributed by atoms with Gasteiger partial charge in [0.1, 0.15) is 0 Å². The maximum absolute atomic E-state index is 14.0. The van der Waals surface area contributed by atoms with Crippen LogP contribution in [0.15, 0.2) is 73.3 Å². The highest BCUT2D eigenvalue weighted by molar-refractivity contribution is 7.76. The molecule has 1 N–H and O–H groups in total. The molecule has 0 aliphatic heterocycles. The Balaban J connectivity index is 2.35. The zero-order chi connectivity index (χ0) is 17.4. The van der Waals surface area contributed by atoms with Crippen LogP contribution >= 0.6 is 7.29 Å². The zero-order valence-electron chi connectivity index (χ0n) is 14.7. The fourth-order valence-corrected chi connectivity index (χ4v) is 5.33. The van der Waals surface area contributed by atoms with E-state index in [2.05, 4.69) is 25.5 Å². The van der Waals surface area contributed by atoms with E-state index in [1.165, 1.54) is 0 Å². The molecule has 0 heterocycles. The summed E-state index contributed by atoms with van der Waals surface area (Å²) in [6.45, 7) is 8.32. The third-order valence-corrected chi connectivity index (χ3v) is 6.93. The standard InChI is InChI=1S/C21H28NOP/c1-4-11-19(17-16-18(2)3)22-24(23,20-12-7-5-8-13-20)21-14-9-6-10-15-21/h4-10,12-15,18-19H,1,11,16-17H2,2-3H3,(H,22,23)/t19-/m1/s1. The molecule has 1 atom stereocenters. The van der Waals surface area contributed by atoms with Gasteiger partial charge in [-0.1, -0.05) is 56.3 Å². The molecule has 0 spiro atoms. The first kappa shape index (κ1) is 18.7. The SMILES string of the molecule is C=CC[C@H](CCC(C)C)NP(=O)(c1ccccc1)c1ccccc1. The van der Waals surface area contributed by atoms with Gasteiger partial charge >= 0.3 is 0 Å². The monoisotopic (exact) mass is 341 g/mol. The molecule has 0 amide bonds. The summed E-state index contributed by atoms with van der Waals surface area (Å²) in [6.07, 6.45) is 4.83. The largest absolute Gasteiger partial charge is 0.297 e. The average Bonchev–Trinajstić information content (AvgIpc) is 2.61. The van der Waals surface area contributed by atoms with Crippen LogP contribution in [0.2, 0.25) is 0 Å². The molecule has 2 nitrogen and oxygen atoms in total. The van der Waals surface area contributed by atoms with E-state index in [0.29, 0.717) is 5.92 Å². The lowest BCUT2D eigenvalue weighted by Crippen LogP contribution is -2.35. The maximum atomic E-state index is 14.0. The van der Waals surface area contributed by atoms with E-state index in [4.69, 9.17) is 0 Å². The summed E-state index contributed by atoms with van der Waals surface area (Å²) >= 11 is 0. The average molecular weight is 341 g/mol. The summed E-state index contributed by atoms with van der Waals surface area (Å²) in [5, 5.41) is 5.22. The molecular formula is C21H28NOP. The highest BCUT2D eigenvalue weighted by Crippen LogP contribution is 2.40. The highest BCUT2D eigenvalue weighted by Gasteiger charge is 2.29. The summed E-state index contributed by atoms with van der Waals surface area (Å²) in [6, 6.07) is 19.7. The van der Waals surface area contributed by atoms with Crippen molar-refractivity contribution >= 4 is 17.9 Å². The first-order chi connectivity index (χ1) is 11.6. The van der Waals surface area contributed by atoms with Crippen LogP contribution in [-0.4, -0.2) is 6.04 Å². The fourth-order valence-electron chi connectivity index (χ4n) is 2.80. The van der Waals surface area contributed by atoms with Gasteiger partial charge in [0.15, 0.2) is 0 Å². The van der Waals surface area contributed by atoms with Crippen LogP contribution in [0.3, 0.4) is 0 Å². The number of nitrogens with one attached hydrogen (secondary N) is 1. The van der Waals surface area contributed by atoms with E-state index in [0.717, 1.165) is 29.9 Å². The third-order valence-electron chi connectivity index (χ3n) is 4.15. The molecule has 128 valence electrons. The molecule has 0 aliphatic carbocycles. The molecular weight excluding hydrogens is 313 g/mol. The molecule has 0 aliphatic rings. The second-order valence-electron chi connectivity index (χ2n) is 6.60. The van der Waals surface area contributed by atoms with E-state index in [9.17, 15) is 4.57 Å². The van der Waals surface area contributed by atoms with E-state index in [1.54, 1.807) is 0 Å². The molecule has 0 unspecified atom stereocenters. The minimum absolute atomic E-state index is 0.163. The van der Waals surface area contributed by atoms with Gasteiger partial charge in [0, 0.05) is 16.7 Å². The van der Waals surface area contributed by atoms with Crippen molar-refractivity contribution in [1.82, 2.24) is 5.09 Å². The fraction of sp³-hybridized carbons (Fsp3) is 0.333. The first-order valence-electron chi connectivity index (χ1n) is 8.66. The van der Waals surface area contributed by atoms with Gasteiger partial charge < -0.3 is 0 Å². The number of benzene rings is 2. The van der Waals surface area contributed by atoms with Gasteiger partial charge in [0.2, 0.25) is 7.29 Å². The Morgan fingerprint density at radius 3 is 1.88 bits per heavy atom. The van der Waals surface area contributed by atoms with E-state index >= 15 is 0 Å². The summed E-state index contributed by atoms with van der Waals surface area (Å²) in [7, 11) is -2.87. The van der Waals surface area contributed by atoms with Crippen LogP contribution in [0.5, 0.6) is 0 Å². The molecule has 0 aromatic heterocycles. The van der Waals surface area contributed by atoms with Gasteiger partial charge in [0.25, 0.3) is 0 Å². The lowest BCUT2D eigenvalue weighted by Gasteiger charge is -2.27. The molecule has 0 radical (unpaired) electrons. The number of rotatable bonds is 9. The molecule has 2 aromatic carbocycles. The van der Waals surface area contributed by atoms with E-state index in [1.807, 2.05) is 66.7 Å². The van der Waals surface area contributed by atoms with Crippen molar-refractivity contribution in [2.75, 3.05) is 0 Å². The zero-order valence-corrected chi connectivity index (χ0v) is 15.6. The van der Waals surface area contributed by atoms with Gasteiger partial charge in [0.05, 0.1) is 0 Å². The van der Waals surface area contributed by atoms with Crippen molar-refractivity contribution in [3.05, 3.63) is 73.3 Å². The summed E-state index contributed by atoms with van der Waals surface area (Å²) in [5.41, 5.74) is 0. The van der Waals surface area contributed by atoms with Crippen molar-refractivity contribution in [3.63, 3.8) is 0 Å². The lowest BCUT2D eigenvalue weighted by molar-refractivity contribution is 0.472. The Labute approximate surface area is 146 Å². The predicted molar refractivity (Wildman–Crippen MR) is 106 cm³/mol. The number of hydrogen-bond acceptors (Lipinski definition) is 1. The Morgan fingerprint density at radius 2 is 1.46 bits per heavy atom. The van der Waals surface area contributed by atoms with Crippen LogP contribution in [0.1, 0.15) is 33.1 Å². The van der Waals surface area contributed by atoms with Gasteiger partial charge in [-0.3, -0.25) is 9.65 Å². The smallest absolute Gasteiger partial charge is 0.204 e. The molecule has 0 saturated carbocycles. The minimum Gasteiger partial charge on any atom is -0.297 e. The normalized spacial score (nSPS) is 13.0. The van der Waals surface area contributed by atoms with Gasteiger partial charge in [-0.15, -0.1) is 6.58 Å². The van der Waals surface area contributed by atoms with Crippen LogP contribution in [0, 0.1) is 5.92 Å². The van der Waals surface area contributed by atoms with Crippen LogP contribution in [0.25, 0.3) is 0 Å². The Bertz CT molecular complexity index is 623. The molecule has 0 saturated heterocycles. The van der Waals surface area contributed by atoms with E-state index in [-0.39, 0.29) is 6.04 Å². The van der Waals surface area contributed by atoms with Gasteiger partial charge in [-0.05, 0) is 49.4 Å². The Hall–Kier alpha value is -1.63. The van der Waals surface area contributed by atoms with Crippen molar-refractivity contribution in [3.8, 4) is 0 Å². The van der Waals surface area contributed by atoms with Crippen LogP contribution in [-0.2, 0) is 4.57 Å². The number of hydrogen-bond donors (Lipinski definition) is 1. The maximum Gasteiger partial charge on any atom is 0.204 e. The van der Waals surface area contributed by atoms with Gasteiger partial charge in [-0.25, -0.2) is 0 Å². The molecule has 3 heteroatoms. The van der Waals surface area contributed by atoms with Gasteiger partial charge in [-0.2, -0.15) is 0 Å². The second-order valence-corrected chi connectivity index (χ2v) is 9.11. The summed E-state index contributed by atoms with van der Waals surface area (Å²) in [4.78, 5) is 0. The molecule has 2 rings (SSSR count). The van der Waals surface area contributed by atoms with Crippen LogP contribution in [0.4, 0.5) is 0 Å². The molecule has 0 bridgehead atoms. The van der Waals surface area contributed by atoms with Crippen molar-refractivity contribution in [1.29, 1.82) is 0 Å². The van der Waals surface area contributed by atoms with Crippen molar-refractivity contribution in [2.45, 2.75) is 39.2 Å². The summed E-state index contributed by atoms with van der Waals surface area (Å²) < 4.78 is 14.0. The van der Waals surface area contributed by atoms with E-state index < -0.39 is 7.29 Å².